The fourth-order valence-electron chi connectivity index (χ4n) is 3.05. The highest BCUT2D eigenvalue weighted by atomic mass is 16.5. The average Bonchev–Trinajstić information content (AvgIpc) is 2.87. The molecule has 0 spiro atoms. The van der Waals surface area contributed by atoms with Crippen molar-refractivity contribution in [2.75, 3.05) is 6.54 Å². The molecule has 110 valence electrons. The minimum absolute atomic E-state index is 0.244. The van der Waals surface area contributed by atoms with Crippen molar-refractivity contribution >= 4 is 0 Å². The normalized spacial score (nSPS) is 18.1. The highest BCUT2D eigenvalue weighted by Crippen LogP contribution is 2.29. The van der Waals surface area contributed by atoms with Gasteiger partial charge >= 0.3 is 0 Å². The SMILES string of the molecule is Cc1ccc2c(c1)CC(CN[C@H](C)c1ccccc1C)O2. The number of rotatable bonds is 4. The van der Waals surface area contributed by atoms with Gasteiger partial charge in [0.05, 0.1) is 0 Å². The van der Waals surface area contributed by atoms with E-state index in [1.54, 1.807) is 0 Å². The van der Waals surface area contributed by atoms with E-state index in [9.17, 15) is 0 Å². The monoisotopic (exact) mass is 281 g/mol. The summed E-state index contributed by atoms with van der Waals surface area (Å²) in [5.41, 5.74) is 5.34. The van der Waals surface area contributed by atoms with Gasteiger partial charge in [-0.25, -0.2) is 0 Å². The van der Waals surface area contributed by atoms with Crippen LogP contribution in [0.15, 0.2) is 42.5 Å². The molecule has 0 aliphatic carbocycles. The maximum atomic E-state index is 6.02. The van der Waals surface area contributed by atoms with Crippen molar-refractivity contribution in [3.63, 3.8) is 0 Å². The van der Waals surface area contributed by atoms with Gasteiger partial charge in [0, 0.05) is 19.0 Å². The third-order valence-electron chi connectivity index (χ3n) is 4.26. The smallest absolute Gasteiger partial charge is 0.123 e. The quantitative estimate of drug-likeness (QED) is 0.916. The minimum Gasteiger partial charge on any atom is -0.488 e. The molecule has 1 heterocycles. The first-order valence-electron chi connectivity index (χ1n) is 7.68. The van der Waals surface area contributed by atoms with Gasteiger partial charge in [-0.05, 0) is 43.5 Å². The highest BCUT2D eigenvalue weighted by molar-refractivity contribution is 5.40. The molecule has 2 nitrogen and oxygen atoms in total. The molecule has 0 radical (unpaired) electrons. The van der Waals surface area contributed by atoms with Gasteiger partial charge in [-0.15, -0.1) is 0 Å². The van der Waals surface area contributed by atoms with Crippen molar-refractivity contribution < 1.29 is 4.74 Å². The average molecular weight is 281 g/mol. The first-order chi connectivity index (χ1) is 10.1. The molecule has 21 heavy (non-hydrogen) atoms. The summed E-state index contributed by atoms with van der Waals surface area (Å²) in [5, 5.41) is 3.61. The Kier molecular flexibility index (Phi) is 3.98. The molecule has 0 aromatic heterocycles. The largest absolute Gasteiger partial charge is 0.488 e. The lowest BCUT2D eigenvalue weighted by Crippen LogP contribution is -2.32. The Balaban J connectivity index is 1.59. The van der Waals surface area contributed by atoms with Crippen LogP contribution in [-0.4, -0.2) is 12.6 Å². The second-order valence-electron chi connectivity index (χ2n) is 6.04. The van der Waals surface area contributed by atoms with Crippen LogP contribution in [0, 0.1) is 13.8 Å². The molecule has 1 aliphatic rings. The van der Waals surface area contributed by atoms with Gasteiger partial charge < -0.3 is 10.1 Å². The van der Waals surface area contributed by atoms with Crippen LogP contribution in [0.3, 0.4) is 0 Å². The molecular formula is C19H23NO. The first kappa shape index (κ1) is 14.2. The Morgan fingerprint density at radius 2 is 2.00 bits per heavy atom. The molecule has 2 aromatic carbocycles. The Morgan fingerprint density at radius 3 is 2.81 bits per heavy atom. The molecule has 0 saturated heterocycles. The van der Waals surface area contributed by atoms with Crippen LogP contribution >= 0.6 is 0 Å². The van der Waals surface area contributed by atoms with Gasteiger partial charge in [-0.3, -0.25) is 0 Å². The van der Waals surface area contributed by atoms with Crippen molar-refractivity contribution in [1.82, 2.24) is 5.32 Å². The zero-order chi connectivity index (χ0) is 14.8. The van der Waals surface area contributed by atoms with E-state index in [2.05, 4.69) is 68.6 Å². The molecule has 2 aromatic rings. The van der Waals surface area contributed by atoms with Crippen LogP contribution in [0.25, 0.3) is 0 Å². The van der Waals surface area contributed by atoms with E-state index in [0.717, 1.165) is 18.7 Å². The van der Waals surface area contributed by atoms with E-state index in [4.69, 9.17) is 4.74 Å². The van der Waals surface area contributed by atoms with Crippen molar-refractivity contribution in [2.24, 2.45) is 0 Å². The predicted octanol–water partition coefficient (Wildman–Crippen LogP) is 3.96. The molecular weight excluding hydrogens is 258 g/mol. The van der Waals surface area contributed by atoms with Gasteiger partial charge in [-0.2, -0.15) is 0 Å². The molecule has 2 atom stereocenters. The van der Waals surface area contributed by atoms with Gasteiger partial charge in [0.25, 0.3) is 0 Å². The van der Waals surface area contributed by atoms with Gasteiger partial charge in [0.2, 0.25) is 0 Å². The van der Waals surface area contributed by atoms with Crippen molar-refractivity contribution in [3.8, 4) is 5.75 Å². The maximum Gasteiger partial charge on any atom is 0.123 e. The van der Waals surface area contributed by atoms with Crippen LogP contribution in [0.5, 0.6) is 5.75 Å². The Bertz CT molecular complexity index is 635. The fraction of sp³-hybridized carbons (Fsp3) is 0.368. The Hall–Kier alpha value is -1.80. The summed E-state index contributed by atoms with van der Waals surface area (Å²) in [6, 6.07) is 15.3. The second-order valence-corrected chi connectivity index (χ2v) is 6.04. The van der Waals surface area contributed by atoms with Gasteiger partial charge in [-0.1, -0.05) is 42.0 Å². The van der Waals surface area contributed by atoms with E-state index in [1.165, 1.54) is 22.3 Å². The number of ether oxygens (including phenoxy) is 1. The summed E-state index contributed by atoms with van der Waals surface area (Å²) in [6.45, 7) is 7.39. The van der Waals surface area contributed by atoms with Gasteiger partial charge in [0.1, 0.15) is 11.9 Å². The summed E-state index contributed by atoms with van der Waals surface area (Å²) < 4.78 is 6.02. The summed E-state index contributed by atoms with van der Waals surface area (Å²) in [4.78, 5) is 0. The minimum atomic E-state index is 0.244. The van der Waals surface area contributed by atoms with E-state index < -0.39 is 0 Å². The zero-order valence-electron chi connectivity index (χ0n) is 13.0. The summed E-state index contributed by atoms with van der Waals surface area (Å²) in [5.74, 6) is 1.05. The topological polar surface area (TPSA) is 21.3 Å². The van der Waals surface area contributed by atoms with Crippen LogP contribution in [0.1, 0.15) is 35.2 Å². The number of benzene rings is 2. The molecule has 1 N–H and O–H groups in total. The van der Waals surface area contributed by atoms with Crippen LogP contribution in [0.2, 0.25) is 0 Å². The maximum absolute atomic E-state index is 6.02. The molecule has 1 aliphatic heterocycles. The molecule has 0 amide bonds. The predicted molar refractivity (Wildman–Crippen MR) is 86.9 cm³/mol. The van der Waals surface area contributed by atoms with Crippen LogP contribution in [0.4, 0.5) is 0 Å². The fourth-order valence-corrected chi connectivity index (χ4v) is 3.05. The molecule has 0 saturated carbocycles. The van der Waals surface area contributed by atoms with Crippen LogP contribution in [-0.2, 0) is 6.42 Å². The lowest BCUT2D eigenvalue weighted by molar-refractivity contribution is 0.222. The number of hydrogen-bond acceptors (Lipinski definition) is 2. The Morgan fingerprint density at radius 1 is 1.19 bits per heavy atom. The number of fused-ring (bicyclic) bond motifs is 1. The number of hydrogen-bond donors (Lipinski definition) is 1. The molecule has 3 rings (SSSR count). The third kappa shape index (κ3) is 3.11. The van der Waals surface area contributed by atoms with E-state index in [0.29, 0.717) is 6.04 Å². The summed E-state index contributed by atoms with van der Waals surface area (Å²) in [6.07, 6.45) is 1.25. The number of aryl methyl sites for hydroxylation is 2. The van der Waals surface area contributed by atoms with E-state index in [-0.39, 0.29) is 6.10 Å². The second kappa shape index (κ2) is 5.90. The molecule has 1 unspecified atom stereocenters. The molecule has 2 heteroatoms. The summed E-state index contributed by atoms with van der Waals surface area (Å²) >= 11 is 0. The summed E-state index contributed by atoms with van der Waals surface area (Å²) in [7, 11) is 0. The lowest BCUT2D eigenvalue weighted by atomic mass is 10.0. The third-order valence-corrected chi connectivity index (χ3v) is 4.26. The van der Waals surface area contributed by atoms with E-state index >= 15 is 0 Å². The zero-order valence-corrected chi connectivity index (χ0v) is 13.0. The van der Waals surface area contributed by atoms with Gasteiger partial charge in [0.15, 0.2) is 0 Å². The van der Waals surface area contributed by atoms with Crippen LogP contribution < -0.4 is 10.1 Å². The van der Waals surface area contributed by atoms with E-state index in [1.807, 2.05) is 0 Å². The van der Waals surface area contributed by atoms with Crippen molar-refractivity contribution in [3.05, 3.63) is 64.7 Å². The Labute approximate surface area is 127 Å². The first-order valence-corrected chi connectivity index (χ1v) is 7.68. The van der Waals surface area contributed by atoms with Crippen molar-refractivity contribution in [2.45, 2.75) is 39.3 Å². The highest BCUT2D eigenvalue weighted by Gasteiger charge is 2.23. The standard InChI is InChI=1S/C19H23NO/c1-13-8-9-19-16(10-13)11-17(21-19)12-20-15(3)18-7-5-4-6-14(18)2/h4-10,15,17,20H,11-12H2,1-3H3/t15-,17?/m1/s1. The number of nitrogens with one attached hydrogen (secondary N) is 1. The van der Waals surface area contributed by atoms with Crippen molar-refractivity contribution in [1.29, 1.82) is 0 Å². The molecule has 0 fully saturated rings. The molecule has 0 bridgehead atoms. The lowest BCUT2D eigenvalue weighted by Gasteiger charge is -2.19.